The molecule has 1 aromatic carbocycles. The first-order chi connectivity index (χ1) is 12.0. The standard InChI is InChI=1S/C19H23FN4O/c1-13-10-14(2)23-19(22-13)24-9-3-4-16(12-24)18(25)21-11-15-5-7-17(20)8-6-15/h5-8,10,16H,3-4,9,11-12H2,1-2H3,(H,21,25)/t16-/m1/s1. The van der Waals surface area contributed by atoms with Crippen molar-refractivity contribution in [2.75, 3.05) is 18.0 Å². The van der Waals surface area contributed by atoms with Gasteiger partial charge in [0, 0.05) is 31.0 Å². The van der Waals surface area contributed by atoms with Crippen LogP contribution in [0.25, 0.3) is 0 Å². The lowest BCUT2D eigenvalue weighted by atomic mass is 9.97. The molecule has 2 heterocycles. The zero-order valence-electron chi connectivity index (χ0n) is 14.6. The van der Waals surface area contributed by atoms with E-state index in [4.69, 9.17) is 0 Å². The summed E-state index contributed by atoms with van der Waals surface area (Å²) in [4.78, 5) is 23.6. The predicted molar refractivity (Wildman–Crippen MR) is 94.7 cm³/mol. The van der Waals surface area contributed by atoms with Crippen LogP contribution in [0.1, 0.15) is 29.8 Å². The fourth-order valence-corrected chi connectivity index (χ4v) is 3.16. The lowest BCUT2D eigenvalue weighted by molar-refractivity contribution is -0.125. The van der Waals surface area contributed by atoms with Crippen LogP contribution in [0.15, 0.2) is 30.3 Å². The molecule has 1 saturated heterocycles. The molecule has 3 rings (SSSR count). The van der Waals surface area contributed by atoms with Crippen molar-refractivity contribution < 1.29 is 9.18 Å². The highest BCUT2D eigenvalue weighted by molar-refractivity contribution is 5.79. The van der Waals surface area contributed by atoms with Crippen LogP contribution in [0, 0.1) is 25.6 Å². The van der Waals surface area contributed by atoms with Gasteiger partial charge in [0.2, 0.25) is 11.9 Å². The summed E-state index contributed by atoms with van der Waals surface area (Å²) in [5.41, 5.74) is 2.76. The monoisotopic (exact) mass is 342 g/mol. The van der Waals surface area contributed by atoms with Gasteiger partial charge in [0.25, 0.3) is 0 Å². The number of aromatic nitrogens is 2. The van der Waals surface area contributed by atoms with Crippen molar-refractivity contribution in [3.8, 4) is 0 Å². The highest BCUT2D eigenvalue weighted by Crippen LogP contribution is 2.21. The van der Waals surface area contributed by atoms with Crippen molar-refractivity contribution in [2.24, 2.45) is 5.92 Å². The number of hydrogen-bond acceptors (Lipinski definition) is 4. The van der Waals surface area contributed by atoms with Crippen LogP contribution >= 0.6 is 0 Å². The summed E-state index contributed by atoms with van der Waals surface area (Å²) in [5, 5.41) is 2.95. The molecule has 1 aliphatic rings. The topological polar surface area (TPSA) is 58.1 Å². The van der Waals surface area contributed by atoms with Crippen LogP contribution in [0.3, 0.4) is 0 Å². The number of nitrogens with one attached hydrogen (secondary N) is 1. The molecule has 1 amide bonds. The Morgan fingerprint density at radius 3 is 2.60 bits per heavy atom. The number of rotatable bonds is 4. The first-order valence-corrected chi connectivity index (χ1v) is 8.60. The summed E-state index contributed by atoms with van der Waals surface area (Å²) in [5.74, 6) is 0.372. The molecule has 25 heavy (non-hydrogen) atoms. The SMILES string of the molecule is Cc1cc(C)nc(N2CCC[C@@H](C(=O)NCc3ccc(F)cc3)C2)n1. The summed E-state index contributed by atoms with van der Waals surface area (Å²) >= 11 is 0. The summed E-state index contributed by atoms with van der Waals surface area (Å²) in [7, 11) is 0. The average Bonchev–Trinajstić information content (AvgIpc) is 2.60. The van der Waals surface area contributed by atoms with Gasteiger partial charge in [0.15, 0.2) is 0 Å². The highest BCUT2D eigenvalue weighted by Gasteiger charge is 2.27. The van der Waals surface area contributed by atoms with E-state index in [2.05, 4.69) is 20.2 Å². The third-order valence-corrected chi connectivity index (χ3v) is 4.43. The van der Waals surface area contributed by atoms with Crippen molar-refractivity contribution >= 4 is 11.9 Å². The minimum atomic E-state index is -0.272. The second-order valence-corrected chi connectivity index (χ2v) is 6.58. The van der Waals surface area contributed by atoms with E-state index in [1.165, 1.54) is 12.1 Å². The molecule has 132 valence electrons. The first-order valence-electron chi connectivity index (χ1n) is 8.60. The number of benzene rings is 1. The summed E-state index contributed by atoms with van der Waals surface area (Å²) in [6.45, 7) is 5.81. The van der Waals surface area contributed by atoms with E-state index < -0.39 is 0 Å². The van der Waals surface area contributed by atoms with Crippen molar-refractivity contribution in [1.29, 1.82) is 0 Å². The van der Waals surface area contributed by atoms with E-state index in [1.54, 1.807) is 12.1 Å². The maximum Gasteiger partial charge on any atom is 0.225 e. The van der Waals surface area contributed by atoms with E-state index in [0.717, 1.165) is 36.3 Å². The zero-order valence-corrected chi connectivity index (χ0v) is 14.6. The maximum atomic E-state index is 12.9. The average molecular weight is 342 g/mol. The van der Waals surface area contributed by atoms with Crippen LogP contribution < -0.4 is 10.2 Å². The van der Waals surface area contributed by atoms with Gasteiger partial charge in [-0.05, 0) is 50.5 Å². The number of aryl methyl sites for hydroxylation is 2. The molecule has 0 bridgehead atoms. The molecule has 6 heteroatoms. The number of nitrogens with zero attached hydrogens (tertiary/aromatic N) is 3. The molecule has 0 aliphatic carbocycles. The van der Waals surface area contributed by atoms with Crippen molar-refractivity contribution in [1.82, 2.24) is 15.3 Å². The first kappa shape index (κ1) is 17.3. The summed E-state index contributed by atoms with van der Waals surface area (Å²) < 4.78 is 12.9. The Hall–Kier alpha value is -2.50. The molecule has 1 aromatic heterocycles. The van der Waals surface area contributed by atoms with Gasteiger partial charge in [-0.3, -0.25) is 4.79 Å². The predicted octanol–water partition coefficient (Wildman–Crippen LogP) is 2.77. The molecule has 1 N–H and O–H groups in total. The zero-order chi connectivity index (χ0) is 17.8. The minimum absolute atomic E-state index is 0.0263. The number of piperidine rings is 1. The van der Waals surface area contributed by atoms with Gasteiger partial charge in [0.1, 0.15) is 5.82 Å². The third kappa shape index (κ3) is 4.53. The summed E-state index contributed by atoms with van der Waals surface area (Å²) in [6, 6.07) is 8.13. The quantitative estimate of drug-likeness (QED) is 0.928. The fraction of sp³-hybridized carbons (Fsp3) is 0.421. The highest BCUT2D eigenvalue weighted by atomic mass is 19.1. The second kappa shape index (κ2) is 7.59. The van der Waals surface area contributed by atoms with Gasteiger partial charge in [-0.15, -0.1) is 0 Å². The Kier molecular flexibility index (Phi) is 5.26. The Balaban J connectivity index is 1.60. The largest absolute Gasteiger partial charge is 0.352 e. The molecule has 1 fully saturated rings. The third-order valence-electron chi connectivity index (χ3n) is 4.43. The smallest absolute Gasteiger partial charge is 0.225 e. The van der Waals surface area contributed by atoms with E-state index in [9.17, 15) is 9.18 Å². The maximum absolute atomic E-state index is 12.9. The van der Waals surface area contributed by atoms with Crippen LogP contribution in [-0.4, -0.2) is 29.0 Å². The minimum Gasteiger partial charge on any atom is -0.352 e. The number of carbonyl (C=O) groups is 1. The van der Waals surface area contributed by atoms with Gasteiger partial charge >= 0.3 is 0 Å². The van der Waals surface area contributed by atoms with Gasteiger partial charge in [-0.25, -0.2) is 14.4 Å². The molecule has 5 nitrogen and oxygen atoms in total. The molecule has 0 radical (unpaired) electrons. The normalized spacial score (nSPS) is 17.4. The Labute approximate surface area is 147 Å². The summed E-state index contributed by atoms with van der Waals surface area (Å²) in [6.07, 6.45) is 1.79. The van der Waals surface area contributed by atoms with Crippen LogP contribution in [-0.2, 0) is 11.3 Å². The molecule has 0 saturated carbocycles. The lowest BCUT2D eigenvalue weighted by Crippen LogP contribution is -2.43. The molecular weight excluding hydrogens is 319 g/mol. The fourth-order valence-electron chi connectivity index (χ4n) is 3.16. The lowest BCUT2D eigenvalue weighted by Gasteiger charge is -2.32. The number of hydrogen-bond donors (Lipinski definition) is 1. The van der Waals surface area contributed by atoms with Crippen LogP contribution in [0.4, 0.5) is 10.3 Å². The van der Waals surface area contributed by atoms with Crippen LogP contribution in [0.5, 0.6) is 0 Å². The number of amides is 1. The number of anilines is 1. The Bertz CT molecular complexity index is 727. The molecule has 0 spiro atoms. The van der Waals surface area contributed by atoms with Crippen molar-refractivity contribution in [3.05, 3.63) is 53.1 Å². The second-order valence-electron chi connectivity index (χ2n) is 6.58. The van der Waals surface area contributed by atoms with E-state index in [0.29, 0.717) is 19.0 Å². The van der Waals surface area contributed by atoms with Gasteiger partial charge < -0.3 is 10.2 Å². The Morgan fingerprint density at radius 1 is 1.24 bits per heavy atom. The number of halogens is 1. The van der Waals surface area contributed by atoms with Crippen molar-refractivity contribution in [3.63, 3.8) is 0 Å². The van der Waals surface area contributed by atoms with E-state index in [-0.39, 0.29) is 17.6 Å². The van der Waals surface area contributed by atoms with Gasteiger partial charge in [-0.1, -0.05) is 12.1 Å². The molecule has 0 unspecified atom stereocenters. The Morgan fingerprint density at radius 2 is 1.92 bits per heavy atom. The molecular formula is C19H23FN4O. The molecule has 1 aliphatic heterocycles. The molecule has 1 atom stereocenters. The molecule has 2 aromatic rings. The van der Waals surface area contributed by atoms with Gasteiger partial charge in [0.05, 0.1) is 5.92 Å². The van der Waals surface area contributed by atoms with Crippen LogP contribution in [0.2, 0.25) is 0 Å². The van der Waals surface area contributed by atoms with Crippen molar-refractivity contribution in [2.45, 2.75) is 33.2 Å². The van der Waals surface area contributed by atoms with Gasteiger partial charge in [-0.2, -0.15) is 0 Å². The van der Waals surface area contributed by atoms with E-state index in [1.807, 2.05) is 19.9 Å². The van der Waals surface area contributed by atoms with E-state index >= 15 is 0 Å². The number of carbonyl (C=O) groups excluding carboxylic acids is 1.